The van der Waals surface area contributed by atoms with Crippen molar-refractivity contribution in [2.75, 3.05) is 5.32 Å². The van der Waals surface area contributed by atoms with E-state index in [2.05, 4.69) is 15.4 Å². The molecule has 8 heteroatoms. The standard InChI is InChI=1S/C20H22ClN5O2/c1-13-23-19(9-20(28)26(13)16-5-3-2-4-6-16)24-17-7-14(8-18(17)27)11-25-12-15(21)10-22-25/h2-6,9-10,12,14,17-18,24,27H,7-8,11H2,1H3/t14?,17-,18-/m1/s1. The Morgan fingerprint density at radius 3 is 2.75 bits per heavy atom. The van der Waals surface area contributed by atoms with Gasteiger partial charge < -0.3 is 10.4 Å². The number of hydrogen-bond donors (Lipinski definition) is 2. The van der Waals surface area contributed by atoms with E-state index in [4.69, 9.17) is 11.6 Å². The molecule has 1 unspecified atom stereocenters. The molecule has 4 rings (SSSR count). The van der Waals surface area contributed by atoms with Crippen LogP contribution in [0.1, 0.15) is 18.7 Å². The van der Waals surface area contributed by atoms with E-state index in [1.165, 1.54) is 6.07 Å². The van der Waals surface area contributed by atoms with Crippen molar-refractivity contribution in [2.45, 2.75) is 38.5 Å². The number of aromatic nitrogens is 4. The van der Waals surface area contributed by atoms with Gasteiger partial charge in [0.2, 0.25) is 0 Å². The third-order valence-corrected chi connectivity index (χ3v) is 5.30. The third kappa shape index (κ3) is 3.95. The summed E-state index contributed by atoms with van der Waals surface area (Å²) in [7, 11) is 0. The van der Waals surface area contributed by atoms with Gasteiger partial charge in [-0.25, -0.2) is 4.98 Å². The van der Waals surface area contributed by atoms with Crippen LogP contribution in [-0.2, 0) is 6.54 Å². The Hall–Kier alpha value is -2.64. The number of aryl methyl sites for hydroxylation is 1. The molecule has 2 heterocycles. The summed E-state index contributed by atoms with van der Waals surface area (Å²) in [6.07, 6.45) is 4.31. The minimum Gasteiger partial charge on any atom is -0.391 e. The van der Waals surface area contributed by atoms with Crippen molar-refractivity contribution in [3.63, 3.8) is 0 Å². The number of nitrogens with one attached hydrogen (secondary N) is 1. The van der Waals surface area contributed by atoms with E-state index in [-0.39, 0.29) is 17.5 Å². The predicted octanol–water partition coefficient (Wildman–Crippen LogP) is 2.64. The van der Waals surface area contributed by atoms with E-state index in [9.17, 15) is 9.90 Å². The number of anilines is 1. The zero-order valence-electron chi connectivity index (χ0n) is 15.5. The highest BCUT2D eigenvalue weighted by atomic mass is 35.5. The van der Waals surface area contributed by atoms with Crippen molar-refractivity contribution in [2.24, 2.45) is 5.92 Å². The van der Waals surface area contributed by atoms with Crippen LogP contribution in [0.2, 0.25) is 5.02 Å². The summed E-state index contributed by atoms with van der Waals surface area (Å²) in [5.74, 6) is 1.35. The van der Waals surface area contributed by atoms with Crippen molar-refractivity contribution in [1.29, 1.82) is 0 Å². The first-order valence-corrected chi connectivity index (χ1v) is 9.66. The van der Waals surface area contributed by atoms with E-state index < -0.39 is 6.10 Å². The normalized spacial score (nSPS) is 21.8. The summed E-state index contributed by atoms with van der Waals surface area (Å²) in [5, 5.41) is 18.5. The number of halogens is 1. The summed E-state index contributed by atoms with van der Waals surface area (Å²) in [5.41, 5.74) is 0.624. The molecule has 7 nitrogen and oxygen atoms in total. The van der Waals surface area contributed by atoms with E-state index in [1.54, 1.807) is 28.6 Å². The molecule has 2 N–H and O–H groups in total. The first kappa shape index (κ1) is 18.7. The number of benzene rings is 1. The van der Waals surface area contributed by atoms with Crippen LogP contribution in [0.4, 0.5) is 5.82 Å². The Morgan fingerprint density at radius 1 is 1.29 bits per heavy atom. The summed E-state index contributed by atoms with van der Waals surface area (Å²) >= 11 is 5.91. The molecule has 0 bridgehead atoms. The molecular formula is C20H22ClN5O2. The van der Waals surface area contributed by atoms with Gasteiger partial charge in [0.1, 0.15) is 11.6 Å². The van der Waals surface area contributed by atoms with Gasteiger partial charge in [-0.05, 0) is 37.8 Å². The van der Waals surface area contributed by atoms with Crippen molar-refractivity contribution >= 4 is 17.4 Å². The number of hydrogen-bond acceptors (Lipinski definition) is 5. The van der Waals surface area contributed by atoms with E-state index in [0.717, 1.165) is 12.1 Å². The minimum atomic E-state index is -0.505. The fraction of sp³-hybridized carbons (Fsp3) is 0.350. The second-order valence-corrected chi connectivity index (χ2v) is 7.67. The molecule has 28 heavy (non-hydrogen) atoms. The summed E-state index contributed by atoms with van der Waals surface area (Å²) in [6.45, 7) is 2.50. The molecule has 0 aliphatic heterocycles. The van der Waals surface area contributed by atoms with Gasteiger partial charge in [-0.3, -0.25) is 14.0 Å². The highest BCUT2D eigenvalue weighted by molar-refractivity contribution is 6.30. The smallest absolute Gasteiger partial charge is 0.260 e. The molecule has 3 atom stereocenters. The van der Waals surface area contributed by atoms with Gasteiger partial charge in [0.05, 0.1) is 29.1 Å². The molecule has 1 fully saturated rings. The van der Waals surface area contributed by atoms with Crippen LogP contribution < -0.4 is 10.9 Å². The summed E-state index contributed by atoms with van der Waals surface area (Å²) in [4.78, 5) is 17.1. The largest absolute Gasteiger partial charge is 0.391 e. The maximum absolute atomic E-state index is 12.6. The Morgan fingerprint density at radius 2 is 2.07 bits per heavy atom. The first-order valence-electron chi connectivity index (χ1n) is 9.28. The molecule has 1 saturated carbocycles. The van der Waals surface area contributed by atoms with Crippen LogP contribution in [0.15, 0.2) is 53.6 Å². The first-order chi connectivity index (χ1) is 13.5. The minimum absolute atomic E-state index is 0.156. The van der Waals surface area contributed by atoms with Crippen LogP contribution in [-0.4, -0.2) is 36.6 Å². The number of nitrogens with zero attached hydrogens (tertiary/aromatic N) is 4. The lowest BCUT2D eigenvalue weighted by atomic mass is 10.1. The Kier molecular flexibility index (Phi) is 5.19. The van der Waals surface area contributed by atoms with Crippen molar-refractivity contribution < 1.29 is 5.11 Å². The SMILES string of the molecule is Cc1nc(N[C@@H]2CC(Cn3cc(Cl)cn3)C[C@H]2O)cc(=O)n1-c1ccccc1. The zero-order valence-corrected chi connectivity index (χ0v) is 16.3. The van der Waals surface area contributed by atoms with E-state index >= 15 is 0 Å². The van der Waals surface area contributed by atoms with Gasteiger partial charge >= 0.3 is 0 Å². The number of aliphatic hydroxyl groups is 1. The maximum atomic E-state index is 12.6. The fourth-order valence-electron chi connectivity index (χ4n) is 3.88. The van der Waals surface area contributed by atoms with Crippen molar-refractivity contribution in [1.82, 2.24) is 19.3 Å². The Bertz CT molecular complexity index is 1020. The van der Waals surface area contributed by atoms with Crippen molar-refractivity contribution in [3.05, 3.63) is 70.0 Å². The molecule has 0 saturated heterocycles. The zero-order chi connectivity index (χ0) is 19.7. The molecule has 1 aromatic carbocycles. The quantitative estimate of drug-likeness (QED) is 0.689. The lowest BCUT2D eigenvalue weighted by molar-refractivity contribution is 0.166. The second kappa shape index (κ2) is 7.77. The van der Waals surface area contributed by atoms with E-state index in [0.29, 0.717) is 29.6 Å². The van der Waals surface area contributed by atoms with Crippen molar-refractivity contribution in [3.8, 4) is 5.69 Å². The average molecular weight is 400 g/mol. The molecule has 0 amide bonds. The van der Waals surface area contributed by atoms with Gasteiger partial charge in [0, 0.05) is 18.8 Å². The Labute approximate surface area is 167 Å². The molecule has 1 aliphatic rings. The van der Waals surface area contributed by atoms with Crippen LogP contribution >= 0.6 is 11.6 Å². The van der Waals surface area contributed by atoms with Gasteiger partial charge in [-0.2, -0.15) is 5.10 Å². The number of rotatable bonds is 5. The van der Waals surface area contributed by atoms with Crippen LogP contribution in [0.5, 0.6) is 0 Å². The fourth-order valence-corrected chi connectivity index (χ4v) is 4.03. The molecule has 0 spiro atoms. The molecule has 1 aliphatic carbocycles. The van der Waals surface area contributed by atoms with Gasteiger partial charge in [-0.1, -0.05) is 29.8 Å². The number of aliphatic hydroxyl groups excluding tert-OH is 1. The average Bonchev–Trinajstić information content (AvgIpc) is 3.21. The Balaban J connectivity index is 1.47. The lowest BCUT2D eigenvalue weighted by Crippen LogP contribution is -2.30. The molecule has 0 radical (unpaired) electrons. The van der Waals surface area contributed by atoms with Gasteiger partial charge in [0.15, 0.2) is 0 Å². The third-order valence-electron chi connectivity index (χ3n) is 5.11. The topological polar surface area (TPSA) is 85.0 Å². The highest BCUT2D eigenvalue weighted by Crippen LogP contribution is 2.29. The number of para-hydroxylation sites is 1. The van der Waals surface area contributed by atoms with Crippen LogP contribution in [0.25, 0.3) is 5.69 Å². The second-order valence-electron chi connectivity index (χ2n) is 7.23. The van der Waals surface area contributed by atoms with Gasteiger partial charge in [-0.15, -0.1) is 0 Å². The molecule has 3 aromatic rings. The van der Waals surface area contributed by atoms with Crippen LogP contribution in [0.3, 0.4) is 0 Å². The molecular weight excluding hydrogens is 378 g/mol. The lowest BCUT2D eigenvalue weighted by Gasteiger charge is -2.18. The van der Waals surface area contributed by atoms with Crippen LogP contribution in [0, 0.1) is 12.8 Å². The maximum Gasteiger partial charge on any atom is 0.260 e. The monoisotopic (exact) mass is 399 g/mol. The highest BCUT2D eigenvalue weighted by Gasteiger charge is 2.33. The van der Waals surface area contributed by atoms with E-state index in [1.807, 2.05) is 30.3 Å². The predicted molar refractivity (Wildman–Crippen MR) is 108 cm³/mol. The summed E-state index contributed by atoms with van der Waals surface area (Å²) in [6, 6.07) is 10.7. The molecule has 2 aromatic heterocycles. The summed E-state index contributed by atoms with van der Waals surface area (Å²) < 4.78 is 3.37. The molecule has 146 valence electrons. The van der Waals surface area contributed by atoms with Gasteiger partial charge in [0.25, 0.3) is 5.56 Å².